The van der Waals surface area contributed by atoms with E-state index in [-0.39, 0.29) is 28.1 Å². The number of aryl methyl sites for hydroxylation is 1. The van der Waals surface area contributed by atoms with Crippen molar-refractivity contribution in [1.29, 1.82) is 0 Å². The van der Waals surface area contributed by atoms with Gasteiger partial charge in [-0.25, -0.2) is 4.68 Å². The molecule has 1 atom stereocenters. The molecule has 1 aromatic heterocycles. The molecule has 0 saturated carbocycles. The maximum absolute atomic E-state index is 11.2. The topological polar surface area (TPSA) is 73.0 Å². The van der Waals surface area contributed by atoms with Crippen molar-refractivity contribution in [2.75, 3.05) is 5.32 Å². The van der Waals surface area contributed by atoms with E-state index in [1.807, 2.05) is 20.8 Å². The highest BCUT2D eigenvalue weighted by Gasteiger charge is 2.30. The van der Waals surface area contributed by atoms with E-state index in [1.54, 1.807) is 11.6 Å². The standard InChI is InChI=1S/C13H24N4O2/c1-8(2)16-12(14-10(4)13(5,6)7)11(17(18)19)9(3)15-16/h8,10,14H,1-7H3. The van der Waals surface area contributed by atoms with Gasteiger partial charge >= 0.3 is 5.69 Å². The highest BCUT2D eigenvalue weighted by molar-refractivity contribution is 5.60. The second kappa shape index (κ2) is 5.19. The quantitative estimate of drug-likeness (QED) is 0.669. The van der Waals surface area contributed by atoms with Crippen LogP contribution in [0.4, 0.5) is 11.5 Å². The molecule has 1 unspecified atom stereocenters. The van der Waals surface area contributed by atoms with Crippen LogP contribution in [0.1, 0.15) is 53.3 Å². The fourth-order valence-corrected chi connectivity index (χ4v) is 1.69. The Hall–Kier alpha value is -1.59. The number of anilines is 1. The molecule has 0 aromatic carbocycles. The highest BCUT2D eigenvalue weighted by Crippen LogP contribution is 2.33. The molecule has 19 heavy (non-hydrogen) atoms. The first-order valence-corrected chi connectivity index (χ1v) is 6.55. The molecule has 1 N–H and O–H groups in total. The van der Waals surface area contributed by atoms with Crippen molar-refractivity contribution in [2.45, 2.75) is 60.5 Å². The number of rotatable bonds is 4. The van der Waals surface area contributed by atoms with Crippen molar-refractivity contribution in [3.63, 3.8) is 0 Å². The van der Waals surface area contributed by atoms with Crippen LogP contribution in [-0.4, -0.2) is 20.7 Å². The molecular formula is C13H24N4O2. The number of nitro groups is 1. The zero-order valence-corrected chi connectivity index (χ0v) is 12.8. The first-order chi connectivity index (χ1) is 8.55. The average Bonchev–Trinajstić information content (AvgIpc) is 2.53. The normalized spacial score (nSPS) is 13.7. The van der Waals surface area contributed by atoms with Crippen molar-refractivity contribution >= 4 is 11.5 Å². The second-order valence-corrected chi connectivity index (χ2v) is 6.31. The zero-order chi connectivity index (χ0) is 15.0. The Morgan fingerprint density at radius 3 is 2.21 bits per heavy atom. The lowest BCUT2D eigenvalue weighted by molar-refractivity contribution is -0.384. The fraction of sp³-hybridized carbons (Fsp3) is 0.769. The second-order valence-electron chi connectivity index (χ2n) is 6.31. The first kappa shape index (κ1) is 15.5. The van der Waals surface area contributed by atoms with Gasteiger partial charge in [0.25, 0.3) is 0 Å². The van der Waals surface area contributed by atoms with Gasteiger partial charge in [0.05, 0.1) is 4.92 Å². The largest absolute Gasteiger partial charge is 0.362 e. The van der Waals surface area contributed by atoms with Gasteiger partial charge in [-0.2, -0.15) is 5.10 Å². The molecule has 0 amide bonds. The molecule has 0 aliphatic rings. The lowest BCUT2D eigenvalue weighted by atomic mass is 9.88. The Morgan fingerprint density at radius 1 is 1.32 bits per heavy atom. The predicted octanol–water partition coefficient (Wildman–Crippen LogP) is 3.53. The number of nitrogens with zero attached hydrogens (tertiary/aromatic N) is 3. The molecule has 0 bridgehead atoms. The van der Waals surface area contributed by atoms with Gasteiger partial charge in [0, 0.05) is 12.1 Å². The highest BCUT2D eigenvalue weighted by atomic mass is 16.6. The van der Waals surface area contributed by atoms with E-state index in [1.165, 1.54) is 0 Å². The minimum absolute atomic E-state index is 0.00779. The smallest absolute Gasteiger partial charge is 0.333 e. The fourth-order valence-electron chi connectivity index (χ4n) is 1.69. The summed E-state index contributed by atoms with van der Waals surface area (Å²) in [5.74, 6) is 0.500. The number of hydrogen-bond donors (Lipinski definition) is 1. The van der Waals surface area contributed by atoms with Gasteiger partial charge in [0.2, 0.25) is 5.82 Å². The van der Waals surface area contributed by atoms with Gasteiger partial charge in [-0.3, -0.25) is 10.1 Å². The zero-order valence-electron chi connectivity index (χ0n) is 12.8. The first-order valence-electron chi connectivity index (χ1n) is 6.55. The number of aromatic nitrogens is 2. The van der Waals surface area contributed by atoms with Crippen LogP contribution in [-0.2, 0) is 0 Å². The van der Waals surface area contributed by atoms with Crippen molar-refractivity contribution in [1.82, 2.24) is 9.78 Å². The van der Waals surface area contributed by atoms with Crippen molar-refractivity contribution < 1.29 is 4.92 Å². The summed E-state index contributed by atoms with van der Waals surface area (Å²) in [5, 5.41) is 18.8. The van der Waals surface area contributed by atoms with E-state index < -0.39 is 0 Å². The molecule has 6 nitrogen and oxygen atoms in total. The molecule has 6 heteroatoms. The van der Waals surface area contributed by atoms with Crippen LogP contribution >= 0.6 is 0 Å². The summed E-state index contributed by atoms with van der Waals surface area (Å²) in [4.78, 5) is 10.9. The Balaban J connectivity index is 3.27. The summed E-state index contributed by atoms with van der Waals surface area (Å²) in [6, 6.07) is 0.168. The molecule has 0 aliphatic heterocycles. The maximum atomic E-state index is 11.2. The van der Waals surface area contributed by atoms with E-state index in [9.17, 15) is 10.1 Å². The predicted molar refractivity (Wildman–Crippen MR) is 76.5 cm³/mol. The summed E-state index contributed by atoms with van der Waals surface area (Å²) in [6.45, 7) is 13.9. The van der Waals surface area contributed by atoms with Crippen molar-refractivity contribution in [3.05, 3.63) is 15.8 Å². The molecule has 0 fully saturated rings. The molecular weight excluding hydrogens is 244 g/mol. The van der Waals surface area contributed by atoms with Gasteiger partial charge in [0.15, 0.2) is 0 Å². The molecule has 0 aliphatic carbocycles. The van der Waals surface area contributed by atoms with Gasteiger partial charge in [-0.1, -0.05) is 20.8 Å². The SMILES string of the molecule is Cc1nn(C(C)C)c(NC(C)C(C)(C)C)c1[N+](=O)[O-]. The third-order valence-corrected chi connectivity index (χ3v) is 3.38. The Bertz CT molecular complexity index is 472. The van der Waals surface area contributed by atoms with Crippen LogP contribution in [0.25, 0.3) is 0 Å². The van der Waals surface area contributed by atoms with Crippen LogP contribution in [0.3, 0.4) is 0 Å². The van der Waals surface area contributed by atoms with Gasteiger partial charge < -0.3 is 5.32 Å². The minimum atomic E-state index is -0.362. The summed E-state index contributed by atoms with van der Waals surface area (Å²) < 4.78 is 1.69. The third kappa shape index (κ3) is 3.24. The van der Waals surface area contributed by atoms with Crippen LogP contribution in [0, 0.1) is 22.5 Å². The summed E-state index contributed by atoms with van der Waals surface area (Å²) >= 11 is 0. The Labute approximate surface area is 114 Å². The van der Waals surface area contributed by atoms with Gasteiger partial charge in [0.1, 0.15) is 5.69 Å². The molecule has 0 spiro atoms. The average molecular weight is 268 g/mol. The molecule has 1 rings (SSSR count). The molecule has 1 aromatic rings. The van der Waals surface area contributed by atoms with Crippen molar-refractivity contribution in [3.8, 4) is 0 Å². The van der Waals surface area contributed by atoms with E-state index in [0.29, 0.717) is 11.5 Å². The van der Waals surface area contributed by atoms with Gasteiger partial charge in [-0.05, 0) is 33.1 Å². The summed E-state index contributed by atoms with van der Waals surface area (Å²) in [7, 11) is 0. The van der Waals surface area contributed by atoms with Gasteiger partial charge in [-0.15, -0.1) is 0 Å². The van der Waals surface area contributed by atoms with Crippen LogP contribution in [0.5, 0.6) is 0 Å². The molecule has 0 saturated heterocycles. The lowest BCUT2D eigenvalue weighted by Crippen LogP contribution is -2.32. The third-order valence-electron chi connectivity index (χ3n) is 3.38. The minimum Gasteiger partial charge on any atom is -0.362 e. The van der Waals surface area contributed by atoms with Crippen molar-refractivity contribution in [2.24, 2.45) is 5.41 Å². The monoisotopic (exact) mass is 268 g/mol. The van der Waals surface area contributed by atoms with Crippen LogP contribution < -0.4 is 5.32 Å². The van der Waals surface area contributed by atoms with E-state index in [2.05, 4.69) is 31.2 Å². The molecule has 1 heterocycles. The molecule has 0 radical (unpaired) electrons. The van der Waals surface area contributed by atoms with E-state index >= 15 is 0 Å². The summed E-state index contributed by atoms with van der Waals surface area (Å²) in [6.07, 6.45) is 0. The van der Waals surface area contributed by atoms with Crippen LogP contribution in [0.2, 0.25) is 0 Å². The number of nitrogens with one attached hydrogen (secondary N) is 1. The Kier molecular flexibility index (Phi) is 4.22. The van der Waals surface area contributed by atoms with E-state index in [0.717, 1.165) is 0 Å². The van der Waals surface area contributed by atoms with E-state index in [4.69, 9.17) is 0 Å². The summed E-state index contributed by atoms with van der Waals surface area (Å²) in [5.41, 5.74) is 0.528. The van der Waals surface area contributed by atoms with Crippen LogP contribution in [0.15, 0.2) is 0 Å². The lowest BCUT2D eigenvalue weighted by Gasteiger charge is -2.29. The molecule has 108 valence electrons. The Morgan fingerprint density at radius 2 is 1.84 bits per heavy atom. The maximum Gasteiger partial charge on any atom is 0.333 e. The number of hydrogen-bond acceptors (Lipinski definition) is 4.